The largest absolute Gasteiger partial charge is 0.483 e. The van der Waals surface area contributed by atoms with Crippen LogP contribution in [-0.4, -0.2) is 44.7 Å². The molecule has 2 amide bonds. The van der Waals surface area contributed by atoms with Crippen LogP contribution in [-0.2, 0) is 25.0 Å². The molecule has 0 atom stereocenters. The number of hydrogen-bond acceptors (Lipinski definition) is 5. The van der Waals surface area contributed by atoms with Crippen molar-refractivity contribution in [1.82, 2.24) is 15.2 Å². The summed E-state index contributed by atoms with van der Waals surface area (Å²) in [5, 5.41) is 0. The van der Waals surface area contributed by atoms with E-state index in [1.807, 2.05) is 45.9 Å². The molecule has 0 heterocycles. The molecule has 9 heteroatoms. The Bertz CT molecular complexity index is 1030. The van der Waals surface area contributed by atoms with Gasteiger partial charge in [-0.05, 0) is 36.1 Å². The maximum absolute atomic E-state index is 12.5. The van der Waals surface area contributed by atoms with Crippen molar-refractivity contribution >= 4 is 21.8 Å². The summed E-state index contributed by atoms with van der Waals surface area (Å²) >= 11 is 0. The molecule has 0 aliphatic rings. The summed E-state index contributed by atoms with van der Waals surface area (Å²) in [4.78, 5) is 24.2. The van der Waals surface area contributed by atoms with Gasteiger partial charge >= 0.3 is 0 Å². The molecule has 168 valence electrons. The van der Waals surface area contributed by atoms with Crippen LogP contribution in [0.15, 0.2) is 53.4 Å². The number of aryl methyl sites for hydroxylation is 1. The summed E-state index contributed by atoms with van der Waals surface area (Å²) in [6.45, 7) is 7.21. The maximum atomic E-state index is 12.5. The Balaban J connectivity index is 1.86. The lowest BCUT2D eigenvalue weighted by Gasteiger charge is -2.22. The van der Waals surface area contributed by atoms with E-state index in [2.05, 4.69) is 10.9 Å². The van der Waals surface area contributed by atoms with Gasteiger partial charge < -0.3 is 4.74 Å². The molecule has 2 rings (SSSR count). The normalized spacial score (nSPS) is 11.8. The van der Waals surface area contributed by atoms with E-state index >= 15 is 0 Å². The van der Waals surface area contributed by atoms with Gasteiger partial charge in [0.25, 0.3) is 11.8 Å². The molecule has 0 aliphatic carbocycles. The molecule has 0 radical (unpaired) electrons. The zero-order chi connectivity index (χ0) is 23.2. The van der Waals surface area contributed by atoms with Gasteiger partial charge in [0.15, 0.2) is 6.61 Å². The highest BCUT2D eigenvalue weighted by Crippen LogP contribution is 2.30. The Hall–Kier alpha value is -2.91. The standard InChI is InChI=1S/C22H29N3O5S/c1-16-10-12-17(13-11-16)31(28,29)25(5)14-20(26)23-24-21(27)15-30-19-9-7-6-8-18(19)22(2,3)4/h6-13H,14-15H2,1-5H3,(H,23,26)(H,24,27). The van der Waals surface area contributed by atoms with Crippen LogP contribution in [0.1, 0.15) is 31.9 Å². The van der Waals surface area contributed by atoms with Crippen LogP contribution in [0.25, 0.3) is 0 Å². The van der Waals surface area contributed by atoms with Gasteiger partial charge in [-0.1, -0.05) is 56.7 Å². The number of ether oxygens (including phenoxy) is 1. The van der Waals surface area contributed by atoms with Crippen molar-refractivity contribution in [2.75, 3.05) is 20.2 Å². The van der Waals surface area contributed by atoms with E-state index in [1.165, 1.54) is 19.2 Å². The van der Waals surface area contributed by atoms with Gasteiger partial charge in [-0.3, -0.25) is 20.4 Å². The molecule has 2 aromatic carbocycles. The highest BCUT2D eigenvalue weighted by atomic mass is 32.2. The quantitative estimate of drug-likeness (QED) is 0.633. The smallest absolute Gasteiger partial charge is 0.276 e. The van der Waals surface area contributed by atoms with E-state index in [9.17, 15) is 18.0 Å². The molecular formula is C22H29N3O5S. The number of hydrazine groups is 1. The number of carbonyl (C=O) groups excluding carboxylic acids is 2. The second-order valence-electron chi connectivity index (χ2n) is 8.21. The first kappa shape index (κ1) is 24.4. The van der Waals surface area contributed by atoms with Crippen molar-refractivity contribution in [3.63, 3.8) is 0 Å². The lowest BCUT2D eigenvalue weighted by Crippen LogP contribution is -2.48. The lowest BCUT2D eigenvalue weighted by atomic mass is 9.86. The van der Waals surface area contributed by atoms with Gasteiger partial charge in [-0.2, -0.15) is 4.31 Å². The predicted molar refractivity (Wildman–Crippen MR) is 118 cm³/mol. The third kappa shape index (κ3) is 6.80. The molecule has 2 N–H and O–H groups in total. The minimum Gasteiger partial charge on any atom is -0.483 e. The predicted octanol–water partition coefficient (Wildman–Crippen LogP) is 2.14. The van der Waals surface area contributed by atoms with E-state index < -0.39 is 28.4 Å². The maximum Gasteiger partial charge on any atom is 0.276 e. The highest BCUT2D eigenvalue weighted by molar-refractivity contribution is 7.89. The van der Waals surface area contributed by atoms with Crippen molar-refractivity contribution < 1.29 is 22.7 Å². The van der Waals surface area contributed by atoms with E-state index in [1.54, 1.807) is 18.2 Å². The van der Waals surface area contributed by atoms with Crippen molar-refractivity contribution in [2.45, 2.75) is 38.0 Å². The second kappa shape index (κ2) is 9.93. The molecule has 0 aromatic heterocycles. The van der Waals surface area contributed by atoms with Crippen LogP contribution in [0.4, 0.5) is 0 Å². The van der Waals surface area contributed by atoms with Crippen LogP contribution >= 0.6 is 0 Å². The molecule has 0 saturated carbocycles. The van der Waals surface area contributed by atoms with E-state index in [-0.39, 0.29) is 16.9 Å². The van der Waals surface area contributed by atoms with Gasteiger partial charge in [0, 0.05) is 7.05 Å². The molecule has 0 bridgehead atoms. The Morgan fingerprint density at radius 2 is 1.55 bits per heavy atom. The molecule has 2 aromatic rings. The van der Waals surface area contributed by atoms with E-state index in [0.717, 1.165) is 15.4 Å². The van der Waals surface area contributed by atoms with Gasteiger partial charge in [0.1, 0.15) is 5.75 Å². The number of amides is 2. The summed E-state index contributed by atoms with van der Waals surface area (Å²) in [5.74, 6) is -0.664. The second-order valence-corrected chi connectivity index (χ2v) is 10.3. The number of nitrogens with zero attached hydrogens (tertiary/aromatic N) is 1. The average Bonchev–Trinajstić information content (AvgIpc) is 2.70. The molecule has 0 spiro atoms. The number of para-hydroxylation sites is 1. The van der Waals surface area contributed by atoms with Crippen LogP contribution < -0.4 is 15.6 Å². The van der Waals surface area contributed by atoms with E-state index in [4.69, 9.17) is 4.74 Å². The SMILES string of the molecule is Cc1ccc(S(=O)(=O)N(C)CC(=O)NNC(=O)COc2ccccc2C(C)(C)C)cc1. The number of sulfonamides is 1. The monoisotopic (exact) mass is 447 g/mol. The van der Waals surface area contributed by atoms with Crippen LogP contribution in [0.3, 0.4) is 0 Å². The third-order valence-corrected chi connectivity index (χ3v) is 6.31. The Kier molecular flexibility index (Phi) is 7.80. The minimum atomic E-state index is -3.82. The first-order valence-corrected chi connectivity index (χ1v) is 11.2. The zero-order valence-corrected chi connectivity index (χ0v) is 19.2. The van der Waals surface area contributed by atoms with E-state index in [0.29, 0.717) is 5.75 Å². The average molecular weight is 448 g/mol. The van der Waals surface area contributed by atoms with Crippen molar-refractivity contribution in [1.29, 1.82) is 0 Å². The summed E-state index contributed by atoms with van der Waals surface area (Å²) in [7, 11) is -2.52. The summed E-state index contributed by atoms with van der Waals surface area (Å²) in [6.07, 6.45) is 0. The van der Waals surface area contributed by atoms with Crippen molar-refractivity contribution in [3.05, 3.63) is 59.7 Å². The molecule has 0 saturated heterocycles. The molecule has 0 unspecified atom stereocenters. The fraction of sp³-hybridized carbons (Fsp3) is 0.364. The number of hydrogen-bond donors (Lipinski definition) is 2. The Labute approximate surface area is 183 Å². The number of carbonyl (C=O) groups is 2. The fourth-order valence-corrected chi connectivity index (χ4v) is 3.87. The van der Waals surface area contributed by atoms with Crippen LogP contribution in [0, 0.1) is 6.92 Å². The Morgan fingerprint density at radius 3 is 2.16 bits per heavy atom. The topological polar surface area (TPSA) is 105 Å². The zero-order valence-electron chi connectivity index (χ0n) is 18.4. The summed E-state index contributed by atoms with van der Waals surface area (Å²) in [6, 6.07) is 13.7. The molecule has 31 heavy (non-hydrogen) atoms. The first-order chi connectivity index (χ1) is 14.4. The molecule has 0 aliphatic heterocycles. The highest BCUT2D eigenvalue weighted by Gasteiger charge is 2.23. The number of rotatable bonds is 7. The van der Waals surface area contributed by atoms with Crippen LogP contribution in [0.5, 0.6) is 5.75 Å². The van der Waals surface area contributed by atoms with Crippen molar-refractivity contribution in [2.24, 2.45) is 0 Å². The summed E-state index contributed by atoms with van der Waals surface area (Å²) in [5.41, 5.74) is 6.15. The molecular weight excluding hydrogens is 418 g/mol. The first-order valence-electron chi connectivity index (χ1n) is 9.74. The minimum absolute atomic E-state index is 0.0864. The summed E-state index contributed by atoms with van der Waals surface area (Å²) < 4.78 is 31.6. The molecule has 0 fully saturated rings. The number of likely N-dealkylation sites (N-methyl/N-ethyl adjacent to an activating group) is 1. The number of nitrogens with one attached hydrogen (secondary N) is 2. The Morgan fingerprint density at radius 1 is 0.968 bits per heavy atom. The van der Waals surface area contributed by atoms with Crippen molar-refractivity contribution in [3.8, 4) is 5.75 Å². The van der Waals surface area contributed by atoms with Gasteiger partial charge in [-0.25, -0.2) is 8.42 Å². The molecule has 8 nitrogen and oxygen atoms in total. The van der Waals surface area contributed by atoms with Gasteiger partial charge in [-0.15, -0.1) is 0 Å². The van der Waals surface area contributed by atoms with Gasteiger partial charge in [0.2, 0.25) is 10.0 Å². The number of benzene rings is 2. The van der Waals surface area contributed by atoms with Gasteiger partial charge in [0.05, 0.1) is 11.4 Å². The third-order valence-electron chi connectivity index (χ3n) is 4.49. The lowest BCUT2D eigenvalue weighted by molar-refractivity contribution is -0.130. The van der Waals surface area contributed by atoms with Crippen LogP contribution in [0.2, 0.25) is 0 Å². The fourth-order valence-electron chi connectivity index (χ4n) is 2.75.